The maximum absolute atomic E-state index is 13.1. The van der Waals surface area contributed by atoms with Crippen LogP contribution in [0.15, 0.2) is 42.7 Å². The molecular weight excluding hydrogens is 431 g/mol. The molecule has 32 heavy (non-hydrogen) atoms. The predicted octanol–water partition coefficient (Wildman–Crippen LogP) is 3.21. The number of ether oxygens (including phenoxy) is 2. The number of aromatic nitrogens is 2. The molecule has 0 aliphatic carbocycles. The standard InChI is InChI=1S/C20H16F3N5O4/c1-31-16-7-13-12(6-14(16)28-15(17(24)29)8-32-19(28)30)18(26-9-25-13)27-11-4-2-3-10(5-11)20(21,22)23/h2-7,9,15H,8H2,1H3,(H2,24,29)(H,25,26,27)/t15-/m0/s1. The van der Waals surface area contributed by atoms with Crippen LogP contribution in [0.2, 0.25) is 0 Å². The first-order valence-electron chi connectivity index (χ1n) is 9.21. The Morgan fingerprint density at radius 1 is 1.28 bits per heavy atom. The first-order valence-corrected chi connectivity index (χ1v) is 9.21. The molecule has 1 saturated heterocycles. The average Bonchev–Trinajstić information content (AvgIpc) is 3.14. The summed E-state index contributed by atoms with van der Waals surface area (Å²) in [5.41, 5.74) is 5.27. The summed E-state index contributed by atoms with van der Waals surface area (Å²) in [6, 6.07) is 6.54. The highest BCUT2D eigenvalue weighted by Gasteiger charge is 2.40. The quantitative estimate of drug-likeness (QED) is 0.616. The van der Waals surface area contributed by atoms with Gasteiger partial charge in [0.15, 0.2) is 6.04 Å². The van der Waals surface area contributed by atoms with Crippen LogP contribution >= 0.6 is 0 Å². The van der Waals surface area contributed by atoms with Crippen LogP contribution in [0.4, 0.5) is 35.2 Å². The molecule has 9 nitrogen and oxygen atoms in total. The minimum absolute atomic E-state index is 0.146. The Morgan fingerprint density at radius 3 is 2.75 bits per heavy atom. The molecule has 1 aliphatic rings. The molecule has 0 radical (unpaired) electrons. The number of amides is 2. The van der Waals surface area contributed by atoms with E-state index in [2.05, 4.69) is 15.3 Å². The van der Waals surface area contributed by atoms with Crippen molar-refractivity contribution in [3.05, 3.63) is 48.3 Å². The van der Waals surface area contributed by atoms with Gasteiger partial charge in [-0.15, -0.1) is 0 Å². The lowest BCUT2D eigenvalue weighted by Crippen LogP contribution is -2.43. The molecule has 0 spiro atoms. The number of anilines is 3. The molecular formula is C20H16F3N5O4. The molecule has 1 fully saturated rings. The fourth-order valence-corrected chi connectivity index (χ4v) is 3.33. The van der Waals surface area contributed by atoms with Crippen molar-refractivity contribution >= 4 is 40.1 Å². The molecule has 2 amide bonds. The number of nitrogens with zero attached hydrogens (tertiary/aromatic N) is 3. The topological polar surface area (TPSA) is 120 Å². The van der Waals surface area contributed by atoms with Gasteiger partial charge in [0, 0.05) is 17.1 Å². The Kier molecular flexibility index (Phi) is 5.20. The number of methoxy groups -OCH3 is 1. The maximum Gasteiger partial charge on any atom is 0.416 e. The van der Waals surface area contributed by atoms with Crippen LogP contribution in [0.5, 0.6) is 5.75 Å². The number of benzene rings is 2. The second kappa shape index (κ2) is 7.87. The van der Waals surface area contributed by atoms with Crippen molar-refractivity contribution < 1.29 is 32.2 Å². The number of nitrogens with two attached hydrogens (primary N) is 1. The van der Waals surface area contributed by atoms with Crippen LogP contribution in [0, 0.1) is 0 Å². The molecule has 2 aromatic carbocycles. The number of halogens is 3. The van der Waals surface area contributed by atoms with Gasteiger partial charge in [0.2, 0.25) is 5.91 Å². The van der Waals surface area contributed by atoms with Crippen molar-refractivity contribution in [3.63, 3.8) is 0 Å². The lowest BCUT2D eigenvalue weighted by Gasteiger charge is -2.22. The Bertz CT molecular complexity index is 1220. The van der Waals surface area contributed by atoms with Gasteiger partial charge in [-0.3, -0.25) is 9.69 Å². The first kappa shape index (κ1) is 21.2. The van der Waals surface area contributed by atoms with Crippen LogP contribution in [0.3, 0.4) is 0 Å². The highest BCUT2D eigenvalue weighted by atomic mass is 19.4. The smallest absolute Gasteiger partial charge is 0.416 e. The third kappa shape index (κ3) is 3.82. The molecule has 3 N–H and O–H groups in total. The summed E-state index contributed by atoms with van der Waals surface area (Å²) >= 11 is 0. The fraction of sp³-hybridized carbons (Fsp3) is 0.200. The van der Waals surface area contributed by atoms with Gasteiger partial charge in [0.05, 0.1) is 23.9 Å². The van der Waals surface area contributed by atoms with E-state index in [0.29, 0.717) is 10.9 Å². The summed E-state index contributed by atoms with van der Waals surface area (Å²) in [5.74, 6) is -0.377. The molecule has 1 aromatic heterocycles. The van der Waals surface area contributed by atoms with Crippen LogP contribution in [-0.2, 0) is 15.7 Å². The molecule has 0 saturated carbocycles. The van der Waals surface area contributed by atoms with Gasteiger partial charge in [0.1, 0.15) is 24.5 Å². The molecule has 166 valence electrons. The number of rotatable bonds is 5. The zero-order valence-electron chi connectivity index (χ0n) is 16.5. The number of hydrogen-bond acceptors (Lipinski definition) is 7. The summed E-state index contributed by atoms with van der Waals surface area (Å²) in [6.45, 7) is -0.226. The van der Waals surface area contributed by atoms with E-state index in [1.165, 1.54) is 37.7 Å². The van der Waals surface area contributed by atoms with Crippen LogP contribution in [-0.4, -0.2) is 41.7 Å². The van der Waals surface area contributed by atoms with Crippen molar-refractivity contribution in [1.82, 2.24) is 9.97 Å². The number of cyclic esters (lactones) is 1. The molecule has 2 heterocycles. The Morgan fingerprint density at radius 2 is 2.06 bits per heavy atom. The maximum atomic E-state index is 13.1. The minimum atomic E-state index is -4.51. The van der Waals surface area contributed by atoms with E-state index in [1.54, 1.807) is 0 Å². The van der Waals surface area contributed by atoms with Crippen molar-refractivity contribution in [2.75, 3.05) is 23.9 Å². The van der Waals surface area contributed by atoms with Gasteiger partial charge < -0.3 is 20.5 Å². The normalized spacial score (nSPS) is 16.2. The summed E-state index contributed by atoms with van der Waals surface area (Å²) in [4.78, 5) is 33.4. The third-order valence-corrected chi connectivity index (χ3v) is 4.85. The number of carbonyl (C=O) groups is 2. The van der Waals surface area contributed by atoms with Crippen molar-refractivity contribution in [2.24, 2.45) is 5.73 Å². The molecule has 0 bridgehead atoms. The van der Waals surface area contributed by atoms with Gasteiger partial charge in [-0.25, -0.2) is 14.8 Å². The number of carbonyl (C=O) groups excluding carboxylic acids is 2. The van der Waals surface area contributed by atoms with E-state index >= 15 is 0 Å². The Balaban J connectivity index is 1.82. The number of nitrogens with one attached hydrogen (secondary N) is 1. The van der Waals surface area contributed by atoms with Gasteiger partial charge >= 0.3 is 12.3 Å². The molecule has 0 unspecified atom stereocenters. The Labute approximate surface area is 178 Å². The summed E-state index contributed by atoms with van der Waals surface area (Å²) in [6.07, 6.45) is -4.07. The van der Waals surface area contributed by atoms with Crippen LogP contribution < -0.4 is 20.7 Å². The van der Waals surface area contributed by atoms with Crippen molar-refractivity contribution in [1.29, 1.82) is 0 Å². The summed E-state index contributed by atoms with van der Waals surface area (Å²) < 4.78 is 49.5. The SMILES string of the molecule is COc1cc2ncnc(Nc3cccc(C(F)(F)F)c3)c2cc1N1C(=O)OC[C@H]1C(N)=O. The molecule has 4 rings (SSSR count). The van der Waals surface area contributed by atoms with E-state index in [0.717, 1.165) is 17.0 Å². The van der Waals surface area contributed by atoms with Crippen LogP contribution in [0.25, 0.3) is 10.9 Å². The lowest BCUT2D eigenvalue weighted by molar-refractivity contribution is -0.137. The van der Waals surface area contributed by atoms with E-state index in [9.17, 15) is 22.8 Å². The van der Waals surface area contributed by atoms with Gasteiger partial charge in [0.25, 0.3) is 0 Å². The lowest BCUT2D eigenvalue weighted by atomic mass is 10.1. The fourth-order valence-electron chi connectivity index (χ4n) is 3.33. The number of primary amides is 1. The zero-order chi connectivity index (χ0) is 23.0. The zero-order valence-corrected chi connectivity index (χ0v) is 16.5. The van der Waals surface area contributed by atoms with Gasteiger partial charge in [-0.05, 0) is 24.3 Å². The summed E-state index contributed by atoms with van der Waals surface area (Å²) in [5, 5.41) is 3.21. The molecule has 12 heteroatoms. The van der Waals surface area contributed by atoms with Crippen molar-refractivity contribution in [2.45, 2.75) is 12.2 Å². The first-order chi connectivity index (χ1) is 15.2. The predicted molar refractivity (Wildman–Crippen MR) is 108 cm³/mol. The minimum Gasteiger partial charge on any atom is -0.494 e. The highest BCUT2D eigenvalue weighted by molar-refractivity contribution is 6.04. The largest absolute Gasteiger partial charge is 0.494 e. The molecule has 3 aromatic rings. The van der Waals surface area contributed by atoms with E-state index in [4.69, 9.17) is 15.2 Å². The molecule has 1 aliphatic heterocycles. The summed E-state index contributed by atoms with van der Waals surface area (Å²) in [7, 11) is 1.37. The van der Waals surface area contributed by atoms with Gasteiger partial charge in [-0.2, -0.15) is 13.2 Å². The number of fused-ring (bicyclic) bond motifs is 1. The molecule has 1 atom stereocenters. The Hall–Kier alpha value is -4.09. The number of hydrogen-bond donors (Lipinski definition) is 2. The highest BCUT2D eigenvalue weighted by Crippen LogP contribution is 2.38. The average molecular weight is 447 g/mol. The van der Waals surface area contributed by atoms with E-state index in [1.807, 2.05) is 0 Å². The van der Waals surface area contributed by atoms with E-state index < -0.39 is 29.8 Å². The van der Waals surface area contributed by atoms with Crippen molar-refractivity contribution in [3.8, 4) is 5.75 Å². The van der Waals surface area contributed by atoms with Crippen LogP contribution in [0.1, 0.15) is 5.56 Å². The monoisotopic (exact) mass is 447 g/mol. The second-order valence-electron chi connectivity index (χ2n) is 6.83. The van der Waals surface area contributed by atoms with E-state index in [-0.39, 0.29) is 29.5 Å². The van der Waals surface area contributed by atoms with Gasteiger partial charge in [-0.1, -0.05) is 6.07 Å². The third-order valence-electron chi connectivity index (χ3n) is 4.85. The second-order valence-corrected chi connectivity index (χ2v) is 6.83. The number of alkyl halides is 3.